The van der Waals surface area contributed by atoms with Crippen molar-refractivity contribution in [3.8, 4) is 0 Å². The summed E-state index contributed by atoms with van der Waals surface area (Å²) in [5, 5.41) is 18.3. The normalized spacial score (nSPS) is 15.1. The fraction of sp³-hybridized carbons (Fsp3) is 0.538. The predicted octanol–water partition coefficient (Wildman–Crippen LogP) is 1.13. The number of aliphatic hydroxyl groups is 1. The zero-order chi connectivity index (χ0) is 15.6. The molecule has 1 unspecified atom stereocenters. The van der Waals surface area contributed by atoms with Crippen LogP contribution in [0.25, 0.3) is 0 Å². The molecule has 0 fully saturated rings. The fourth-order valence-electron chi connectivity index (χ4n) is 2.10. The largest absolute Gasteiger partial charge is 0.397 e. The average Bonchev–Trinajstić information content (AvgIpc) is 2.24. The minimum Gasteiger partial charge on any atom is -0.397 e. The Kier molecular flexibility index (Phi) is 5.01. The molecule has 0 spiro atoms. The molecule has 1 atom stereocenters. The second-order valence-corrected chi connectivity index (χ2v) is 7.30. The van der Waals surface area contributed by atoms with Crippen LogP contribution in [0.15, 0.2) is 23.1 Å². The van der Waals surface area contributed by atoms with Gasteiger partial charge in [-0.1, -0.05) is 13.8 Å². The monoisotopic (exact) mass is 301 g/mol. The molecule has 114 valence electrons. The second kappa shape index (κ2) is 5.99. The van der Waals surface area contributed by atoms with Gasteiger partial charge in [0, 0.05) is 6.54 Å². The summed E-state index contributed by atoms with van der Waals surface area (Å²) in [6.45, 7) is 6.03. The van der Waals surface area contributed by atoms with Crippen LogP contribution in [-0.2, 0) is 10.0 Å². The van der Waals surface area contributed by atoms with Crippen LogP contribution in [0.4, 0.5) is 11.4 Å². The van der Waals surface area contributed by atoms with Crippen molar-refractivity contribution in [2.45, 2.75) is 37.7 Å². The molecule has 0 amide bonds. The molecule has 0 radical (unpaired) electrons. The van der Waals surface area contributed by atoms with Gasteiger partial charge in [0.15, 0.2) is 0 Å². The van der Waals surface area contributed by atoms with Crippen molar-refractivity contribution < 1.29 is 13.5 Å². The summed E-state index contributed by atoms with van der Waals surface area (Å²) in [6.07, 6.45) is 0.620. The first-order valence-electron chi connectivity index (χ1n) is 6.40. The molecule has 0 aliphatic carbocycles. The van der Waals surface area contributed by atoms with Gasteiger partial charge >= 0.3 is 0 Å². The van der Waals surface area contributed by atoms with Crippen LogP contribution in [-0.4, -0.2) is 25.7 Å². The molecule has 0 saturated heterocycles. The molecule has 6 nitrogen and oxygen atoms in total. The van der Waals surface area contributed by atoms with Gasteiger partial charge in [-0.15, -0.1) is 0 Å². The van der Waals surface area contributed by atoms with E-state index in [2.05, 4.69) is 5.32 Å². The summed E-state index contributed by atoms with van der Waals surface area (Å²) in [5.41, 5.74) is 5.72. The Morgan fingerprint density at radius 2 is 2.00 bits per heavy atom. The molecule has 7 heteroatoms. The topological polar surface area (TPSA) is 118 Å². The third-order valence-electron chi connectivity index (χ3n) is 2.86. The number of anilines is 2. The van der Waals surface area contributed by atoms with E-state index in [1.807, 2.05) is 13.8 Å². The standard InChI is InChI=1S/C13H23N3O3S/c1-9(2)7-13(3,17)8-16-12-6-10(20(15,18)19)4-5-11(12)14/h4-6,9,16-17H,7-8,14H2,1-3H3,(H2,15,18,19). The van der Waals surface area contributed by atoms with E-state index in [4.69, 9.17) is 10.9 Å². The van der Waals surface area contributed by atoms with E-state index >= 15 is 0 Å². The Morgan fingerprint density at radius 1 is 1.40 bits per heavy atom. The molecule has 0 aliphatic heterocycles. The summed E-state index contributed by atoms with van der Waals surface area (Å²) < 4.78 is 22.6. The van der Waals surface area contributed by atoms with Gasteiger partial charge in [0.2, 0.25) is 10.0 Å². The SMILES string of the molecule is CC(C)CC(C)(O)CNc1cc(S(N)(=O)=O)ccc1N. The van der Waals surface area contributed by atoms with Crippen molar-refractivity contribution in [1.29, 1.82) is 0 Å². The van der Waals surface area contributed by atoms with Gasteiger partial charge in [-0.25, -0.2) is 13.6 Å². The lowest BCUT2D eigenvalue weighted by atomic mass is 9.94. The van der Waals surface area contributed by atoms with Crippen LogP contribution in [0.1, 0.15) is 27.2 Å². The highest BCUT2D eigenvalue weighted by atomic mass is 32.2. The predicted molar refractivity (Wildman–Crippen MR) is 80.8 cm³/mol. The van der Waals surface area contributed by atoms with E-state index in [0.717, 1.165) is 0 Å². The zero-order valence-corrected chi connectivity index (χ0v) is 12.9. The van der Waals surface area contributed by atoms with Crippen molar-refractivity contribution in [3.63, 3.8) is 0 Å². The van der Waals surface area contributed by atoms with E-state index in [-0.39, 0.29) is 11.4 Å². The van der Waals surface area contributed by atoms with Gasteiger partial charge in [-0.2, -0.15) is 0 Å². The first-order valence-corrected chi connectivity index (χ1v) is 7.94. The van der Waals surface area contributed by atoms with Crippen molar-refractivity contribution in [2.24, 2.45) is 11.1 Å². The highest BCUT2D eigenvalue weighted by molar-refractivity contribution is 7.89. The van der Waals surface area contributed by atoms with E-state index in [1.165, 1.54) is 18.2 Å². The Labute approximate surface area is 120 Å². The maximum Gasteiger partial charge on any atom is 0.238 e. The number of primary sulfonamides is 1. The average molecular weight is 301 g/mol. The van der Waals surface area contributed by atoms with Gasteiger partial charge < -0.3 is 16.2 Å². The molecule has 6 N–H and O–H groups in total. The smallest absolute Gasteiger partial charge is 0.238 e. The first-order chi connectivity index (χ1) is 9.01. The molecule has 0 aromatic heterocycles. The molecule has 20 heavy (non-hydrogen) atoms. The van der Waals surface area contributed by atoms with Gasteiger partial charge in [0.25, 0.3) is 0 Å². The lowest BCUT2D eigenvalue weighted by Gasteiger charge is -2.26. The zero-order valence-electron chi connectivity index (χ0n) is 12.1. The van der Waals surface area contributed by atoms with Crippen LogP contribution in [0, 0.1) is 5.92 Å². The summed E-state index contributed by atoms with van der Waals surface area (Å²) in [6, 6.07) is 4.19. The maximum atomic E-state index is 11.3. The van der Waals surface area contributed by atoms with E-state index in [1.54, 1.807) is 6.92 Å². The third kappa shape index (κ3) is 4.99. The minimum absolute atomic E-state index is 0.0160. The van der Waals surface area contributed by atoms with Gasteiger partial charge in [-0.3, -0.25) is 0 Å². The molecule has 1 rings (SSSR count). The summed E-state index contributed by atoms with van der Waals surface area (Å²) in [7, 11) is -3.77. The molecular weight excluding hydrogens is 278 g/mol. The molecular formula is C13H23N3O3S. The lowest BCUT2D eigenvalue weighted by Crippen LogP contribution is -2.35. The summed E-state index contributed by atoms with van der Waals surface area (Å²) in [5.74, 6) is 0.347. The van der Waals surface area contributed by atoms with E-state index in [0.29, 0.717) is 23.7 Å². The van der Waals surface area contributed by atoms with Gasteiger partial charge in [0.05, 0.1) is 21.9 Å². The Morgan fingerprint density at radius 3 is 2.50 bits per heavy atom. The number of benzene rings is 1. The maximum absolute atomic E-state index is 11.3. The molecule has 0 heterocycles. The molecule has 0 aliphatic rings. The number of rotatable bonds is 6. The van der Waals surface area contributed by atoms with Crippen LogP contribution in [0.2, 0.25) is 0 Å². The highest BCUT2D eigenvalue weighted by Crippen LogP contribution is 2.24. The number of nitrogens with one attached hydrogen (secondary N) is 1. The summed E-state index contributed by atoms with van der Waals surface area (Å²) in [4.78, 5) is -0.0160. The van der Waals surface area contributed by atoms with Crippen molar-refractivity contribution in [2.75, 3.05) is 17.6 Å². The first kappa shape index (κ1) is 16.7. The van der Waals surface area contributed by atoms with Gasteiger partial charge in [0.1, 0.15) is 0 Å². The van der Waals surface area contributed by atoms with Gasteiger partial charge in [-0.05, 0) is 37.5 Å². The Bertz CT molecular complexity index is 568. The molecule has 1 aromatic rings. The van der Waals surface area contributed by atoms with Crippen LogP contribution >= 0.6 is 0 Å². The quantitative estimate of drug-likeness (QED) is 0.587. The third-order valence-corrected chi connectivity index (χ3v) is 3.77. The number of hydrogen-bond acceptors (Lipinski definition) is 5. The second-order valence-electron chi connectivity index (χ2n) is 5.74. The molecule has 1 aromatic carbocycles. The highest BCUT2D eigenvalue weighted by Gasteiger charge is 2.22. The summed E-state index contributed by atoms with van der Waals surface area (Å²) >= 11 is 0. The number of nitrogen functional groups attached to an aromatic ring is 1. The molecule has 0 bridgehead atoms. The van der Waals surface area contributed by atoms with Crippen LogP contribution in [0.5, 0.6) is 0 Å². The van der Waals surface area contributed by atoms with E-state index in [9.17, 15) is 13.5 Å². The fourth-order valence-corrected chi connectivity index (χ4v) is 2.64. The minimum atomic E-state index is -3.77. The van der Waals surface area contributed by atoms with Crippen LogP contribution < -0.4 is 16.2 Å². The van der Waals surface area contributed by atoms with Crippen molar-refractivity contribution in [1.82, 2.24) is 0 Å². The lowest BCUT2D eigenvalue weighted by molar-refractivity contribution is 0.0516. The van der Waals surface area contributed by atoms with Crippen LogP contribution in [0.3, 0.4) is 0 Å². The van der Waals surface area contributed by atoms with Crippen molar-refractivity contribution in [3.05, 3.63) is 18.2 Å². The number of sulfonamides is 1. The van der Waals surface area contributed by atoms with Crippen molar-refractivity contribution >= 4 is 21.4 Å². The number of hydrogen-bond donors (Lipinski definition) is 4. The Hall–Kier alpha value is -1.31. The Balaban J connectivity index is 2.88. The van der Waals surface area contributed by atoms with E-state index < -0.39 is 15.6 Å². The number of nitrogens with two attached hydrogens (primary N) is 2. The molecule has 0 saturated carbocycles.